The lowest BCUT2D eigenvalue weighted by atomic mass is 9.77. The second-order valence-electron chi connectivity index (χ2n) is 15.6. The molecule has 10 aromatic rings. The van der Waals surface area contributed by atoms with Gasteiger partial charge in [-0.05, 0) is 157 Å². The number of furan rings is 1. The van der Waals surface area contributed by atoms with Crippen molar-refractivity contribution in [3.63, 3.8) is 0 Å². The van der Waals surface area contributed by atoms with E-state index in [0.717, 1.165) is 39.0 Å². The van der Waals surface area contributed by atoms with E-state index in [4.69, 9.17) is 4.42 Å². The van der Waals surface area contributed by atoms with Crippen molar-refractivity contribution in [2.45, 2.75) is 26.7 Å². The Bertz CT molecular complexity index is 3170. The number of fused-ring (bicyclic) bond motifs is 9. The van der Waals surface area contributed by atoms with Crippen LogP contribution in [0.5, 0.6) is 0 Å². The summed E-state index contributed by atoms with van der Waals surface area (Å²) in [6, 6.07) is 64.6. The Morgan fingerprint density at radius 2 is 0.982 bits per heavy atom. The lowest BCUT2D eigenvalue weighted by Gasteiger charge is -2.29. The molecule has 1 aromatic heterocycles. The zero-order chi connectivity index (χ0) is 37.5. The lowest BCUT2D eigenvalue weighted by Crippen LogP contribution is -2.12. The minimum absolute atomic E-state index is 0.401. The molecule has 0 spiro atoms. The highest BCUT2D eigenvalue weighted by Gasteiger charge is 2.26. The van der Waals surface area contributed by atoms with Gasteiger partial charge in [0.05, 0.1) is 5.69 Å². The number of rotatable bonds is 6. The van der Waals surface area contributed by atoms with E-state index in [-0.39, 0.29) is 0 Å². The van der Waals surface area contributed by atoms with Crippen molar-refractivity contribution in [3.05, 3.63) is 187 Å². The molecule has 1 heterocycles. The van der Waals surface area contributed by atoms with Gasteiger partial charge in [0.2, 0.25) is 0 Å². The van der Waals surface area contributed by atoms with Crippen LogP contribution in [0.4, 0.5) is 17.1 Å². The molecule has 0 aliphatic heterocycles. The molecule has 0 saturated heterocycles. The number of nitrogens with zero attached hydrogens (tertiary/aromatic N) is 1. The standard InChI is InChI=1S/C54H39NO/c1-33(2)37-22-21-34(3)52(32-37)55(51-19-12-18-44-43-17-10-11-20-53(43)56-54(44)51)42-24-23-38-26-47-48(29-39(38)25-42)50-31-41-28-46(36-15-8-5-9-16-36)45(27-40(41)30-49(47)50)35-13-6-4-7-14-35/h4-33H,1-3H3. The van der Waals surface area contributed by atoms with Gasteiger partial charge in [-0.15, -0.1) is 0 Å². The monoisotopic (exact) mass is 717 g/mol. The Labute approximate surface area is 326 Å². The molecular weight excluding hydrogens is 679 g/mol. The summed E-state index contributed by atoms with van der Waals surface area (Å²) in [7, 11) is 0. The Morgan fingerprint density at radius 1 is 0.429 bits per heavy atom. The van der Waals surface area contributed by atoms with Crippen LogP contribution in [0.3, 0.4) is 0 Å². The fraction of sp³-hybridized carbons (Fsp3) is 0.0741. The van der Waals surface area contributed by atoms with Gasteiger partial charge in [-0.2, -0.15) is 0 Å². The molecule has 9 aromatic carbocycles. The van der Waals surface area contributed by atoms with Crippen LogP contribution in [-0.2, 0) is 0 Å². The molecule has 1 aliphatic carbocycles. The zero-order valence-corrected chi connectivity index (χ0v) is 31.7. The van der Waals surface area contributed by atoms with Gasteiger partial charge in [-0.3, -0.25) is 0 Å². The first-order valence-electron chi connectivity index (χ1n) is 19.6. The van der Waals surface area contributed by atoms with Crippen molar-refractivity contribution in [1.29, 1.82) is 0 Å². The lowest BCUT2D eigenvalue weighted by molar-refractivity contribution is 0.669. The van der Waals surface area contributed by atoms with Gasteiger partial charge in [-0.25, -0.2) is 0 Å². The van der Waals surface area contributed by atoms with Gasteiger partial charge in [0.25, 0.3) is 0 Å². The number of para-hydroxylation sites is 2. The van der Waals surface area contributed by atoms with Crippen LogP contribution in [0.15, 0.2) is 180 Å². The number of hydrogen-bond donors (Lipinski definition) is 0. The van der Waals surface area contributed by atoms with E-state index in [2.05, 4.69) is 196 Å². The topological polar surface area (TPSA) is 16.4 Å². The summed E-state index contributed by atoms with van der Waals surface area (Å²) in [4.78, 5) is 2.40. The molecule has 0 amide bonds. The van der Waals surface area contributed by atoms with Gasteiger partial charge in [0.1, 0.15) is 5.58 Å². The Balaban J connectivity index is 1.07. The minimum atomic E-state index is 0.401. The Morgan fingerprint density at radius 3 is 1.62 bits per heavy atom. The van der Waals surface area contributed by atoms with Crippen molar-refractivity contribution >= 4 is 60.5 Å². The third-order valence-corrected chi connectivity index (χ3v) is 11.8. The van der Waals surface area contributed by atoms with E-state index >= 15 is 0 Å². The highest BCUT2D eigenvalue weighted by Crippen LogP contribution is 2.52. The van der Waals surface area contributed by atoms with Crippen molar-refractivity contribution in [1.82, 2.24) is 0 Å². The maximum absolute atomic E-state index is 6.66. The van der Waals surface area contributed by atoms with Gasteiger partial charge < -0.3 is 9.32 Å². The van der Waals surface area contributed by atoms with Crippen molar-refractivity contribution < 1.29 is 4.42 Å². The first kappa shape index (κ1) is 32.5. The first-order valence-corrected chi connectivity index (χ1v) is 19.6. The fourth-order valence-corrected chi connectivity index (χ4v) is 8.86. The van der Waals surface area contributed by atoms with Gasteiger partial charge in [-0.1, -0.05) is 123 Å². The first-order chi connectivity index (χ1) is 27.5. The molecule has 0 atom stereocenters. The SMILES string of the molecule is Cc1ccc(C(C)C)cc1N(c1ccc2cc3c(cc2c1)-c1cc2cc(-c4ccccc4)c(-c4ccccc4)cc2cc1-3)c1cccc2c1oc1ccccc12. The second-order valence-corrected chi connectivity index (χ2v) is 15.6. The normalized spacial score (nSPS) is 12.0. The molecule has 2 heteroatoms. The number of anilines is 3. The van der Waals surface area contributed by atoms with Gasteiger partial charge in [0.15, 0.2) is 5.58 Å². The molecule has 1 aliphatic rings. The van der Waals surface area contributed by atoms with E-state index in [0.29, 0.717) is 5.92 Å². The molecule has 0 saturated carbocycles. The van der Waals surface area contributed by atoms with E-state index in [9.17, 15) is 0 Å². The van der Waals surface area contributed by atoms with Crippen LogP contribution in [0.2, 0.25) is 0 Å². The zero-order valence-electron chi connectivity index (χ0n) is 31.7. The summed E-state index contributed by atoms with van der Waals surface area (Å²) in [5, 5.41) is 7.23. The molecule has 56 heavy (non-hydrogen) atoms. The molecule has 0 N–H and O–H groups in total. The molecule has 266 valence electrons. The Hall–Kier alpha value is -6.90. The van der Waals surface area contributed by atoms with Gasteiger partial charge in [0, 0.05) is 22.1 Å². The van der Waals surface area contributed by atoms with Crippen LogP contribution in [0, 0.1) is 6.92 Å². The maximum atomic E-state index is 6.66. The van der Waals surface area contributed by atoms with Crippen molar-refractivity contribution in [2.75, 3.05) is 4.90 Å². The summed E-state index contributed by atoms with van der Waals surface area (Å²) in [6.07, 6.45) is 0. The van der Waals surface area contributed by atoms with Crippen LogP contribution < -0.4 is 4.90 Å². The predicted octanol–water partition coefficient (Wildman–Crippen LogP) is 15.8. The summed E-state index contributed by atoms with van der Waals surface area (Å²) >= 11 is 0. The maximum Gasteiger partial charge on any atom is 0.159 e. The molecule has 0 unspecified atom stereocenters. The largest absolute Gasteiger partial charge is 0.454 e. The minimum Gasteiger partial charge on any atom is -0.454 e. The highest BCUT2D eigenvalue weighted by molar-refractivity contribution is 6.14. The van der Waals surface area contributed by atoms with E-state index < -0.39 is 0 Å². The smallest absolute Gasteiger partial charge is 0.159 e. The molecular formula is C54H39NO. The summed E-state index contributed by atoms with van der Waals surface area (Å²) in [5.41, 5.74) is 17.9. The number of hydrogen-bond acceptors (Lipinski definition) is 2. The van der Waals surface area contributed by atoms with E-state index in [1.807, 2.05) is 6.07 Å². The number of aryl methyl sites for hydroxylation is 1. The average molecular weight is 718 g/mol. The second kappa shape index (κ2) is 12.6. The summed E-state index contributed by atoms with van der Waals surface area (Å²) in [6.45, 7) is 6.73. The molecule has 0 radical (unpaired) electrons. The molecule has 0 bridgehead atoms. The van der Waals surface area contributed by atoms with E-state index in [1.165, 1.54) is 77.2 Å². The molecule has 11 rings (SSSR count). The van der Waals surface area contributed by atoms with E-state index in [1.54, 1.807) is 0 Å². The highest BCUT2D eigenvalue weighted by atomic mass is 16.3. The fourth-order valence-electron chi connectivity index (χ4n) is 8.86. The van der Waals surface area contributed by atoms with Crippen LogP contribution in [-0.4, -0.2) is 0 Å². The predicted molar refractivity (Wildman–Crippen MR) is 238 cm³/mol. The quantitative estimate of drug-likeness (QED) is 0.170. The molecule has 2 nitrogen and oxygen atoms in total. The summed E-state index contributed by atoms with van der Waals surface area (Å²) in [5.74, 6) is 0.401. The van der Waals surface area contributed by atoms with Crippen molar-refractivity contribution in [2.24, 2.45) is 0 Å². The Kier molecular flexibility index (Phi) is 7.31. The van der Waals surface area contributed by atoms with Crippen molar-refractivity contribution in [3.8, 4) is 44.5 Å². The van der Waals surface area contributed by atoms with Gasteiger partial charge >= 0.3 is 0 Å². The third kappa shape index (κ3) is 5.10. The third-order valence-electron chi connectivity index (χ3n) is 11.8. The summed E-state index contributed by atoms with van der Waals surface area (Å²) < 4.78 is 6.66. The average Bonchev–Trinajstić information content (AvgIpc) is 3.63. The van der Waals surface area contributed by atoms with Crippen LogP contribution in [0.1, 0.15) is 30.9 Å². The van der Waals surface area contributed by atoms with Crippen LogP contribution >= 0.6 is 0 Å². The van der Waals surface area contributed by atoms with Crippen LogP contribution in [0.25, 0.3) is 88.0 Å². The number of benzene rings is 9. The molecule has 0 fully saturated rings.